The standard InChI is InChI=1S/C31H35N7/c1-5-21(16-24(6-2)33-20(3)22-10-11-22)23-17-26-30(35-36-31(26)32-19-23)28-18-25-27(34-28)8-7-9-29(25)38-14-12-37(4)13-15-38/h5-9,16-19,22,33-34H,2-3,10-15H2,1,4H3,(H,32,35,36)/b21-5+,24-16+. The van der Waals surface area contributed by atoms with Crippen molar-refractivity contribution in [3.63, 3.8) is 0 Å². The Morgan fingerprint density at radius 1 is 1.13 bits per heavy atom. The number of pyridine rings is 1. The Bertz CT molecular complexity index is 1570. The predicted octanol–water partition coefficient (Wildman–Crippen LogP) is 5.84. The number of allylic oxidation sites excluding steroid dienone is 5. The van der Waals surface area contributed by atoms with E-state index in [9.17, 15) is 0 Å². The molecule has 0 unspecified atom stereocenters. The Morgan fingerprint density at radius 3 is 2.68 bits per heavy atom. The molecule has 1 saturated carbocycles. The summed E-state index contributed by atoms with van der Waals surface area (Å²) in [4.78, 5) is 13.2. The van der Waals surface area contributed by atoms with Crippen LogP contribution in [0.15, 0.2) is 79.3 Å². The molecule has 2 fully saturated rings. The van der Waals surface area contributed by atoms with Gasteiger partial charge in [-0.2, -0.15) is 5.10 Å². The smallest absolute Gasteiger partial charge is 0.181 e. The van der Waals surface area contributed by atoms with Gasteiger partial charge in [-0.05, 0) is 74.7 Å². The van der Waals surface area contributed by atoms with E-state index in [0.29, 0.717) is 11.6 Å². The molecule has 0 bridgehead atoms. The van der Waals surface area contributed by atoms with Crippen molar-refractivity contribution in [1.82, 2.24) is 30.4 Å². The Balaban J connectivity index is 1.34. The maximum atomic E-state index is 4.68. The fourth-order valence-corrected chi connectivity index (χ4v) is 5.23. The number of likely N-dealkylation sites (N-methyl/N-ethyl adjacent to an activating group) is 1. The topological polar surface area (TPSA) is 75.9 Å². The number of rotatable bonds is 8. The zero-order chi connectivity index (χ0) is 26.2. The highest BCUT2D eigenvalue weighted by Gasteiger charge is 2.24. The van der Waals surface area contributed by atoms with Gasteiger partial charge < -0.3 is 20.1 Å². The molecule has 3 N–H and O–H groups in total. The van der Waals surface area contributed by atoms with Gasteiger partial charge in [0.25, 0.3) is 0 Å². The maximum absolute atomic E-state index is 4.68. The molecule has 3 aromatic heterocycles. The summed E-state index contributed by atoms with van der Waals surface area (Å²) >= 11 is 0. The van der Waals surface area contributed by atoms with Crippen LogP contribution >= 0.6 is 0 Å². The minimum absolute atomic E-state index is 0.576. The van der Waals surface area contributed by atoms with Gasteiger partial charge in [-0.3, -0.25) is 5.10 Å². The molecule has 1 aliphatic heterocycles. The lowest BCUT2D eigenvalue weighted by atomic mass is 10.0. The van der Waals surface area contributed by atoms with E-state index in [1.807, 2.05) is 19.2 Å². The number of hydrogen-bond acceptors (Lipinski definition) is 5. The van der Waals surface area contributed by atoms with Crippen LogP contribution in [-0.4, -0.2) is 58.3 Å². The van der Waals surface area contributed by atoms with Gasteiger partial charge in [0.05, 0.1) is 11.4 Å². The number of anilines is 1. The number of nitrogens with one attached hydrogen (secondary N) is 3. The first-order valence-corrected chi connectivity index (χ1v) is 13.4. The van der Waals surface area contributed by atoms with Crippen LogP contribution in [0.3, 0.4) is 0 Å². The molecular formula is C31H35N7. The van der Waals surface area contributed by atoms with Crippen molar-refractivity contribution in [3.05, 3.63) is 84.9 Å². The fourth-order valence-electron chi connectivity index (χ4n) is 5.23. The van der Waals surface area contributed by atoms with Crippen molar-refractivity contribution in [2.45, 2.75) is 19.8 Å². The van der Waals surface area contributed by atoms with Crippen molar-refractivity contribution in [1.29, 1.82) is 0 Å². The van der Waals surface area contributed by atoms with Gasteiger partial charge in [-0.1, -0.05) is 25.3 Å². The average molecular weight is 506 g/mol. The summed E-state index contributed by atoms with van der Waals surface area (Å²) in [6.45, 7) is 14.5. The number of aromatic amines is 2. The lowest BCUT2D eigenvalue weighted by Crippen LogP contribution is -2.44. The van der Waals surface area contributed by atoms with Crippen molar-refractivity contribution in [2.24, 2.45) is 5.92 Å². The number of hydrogen-bond donors (Lipinski definition) is 3. The second kappa shape index (κ2) is 9.99. The molecule has 4 aromatic rings. The molecule has 194 valence electrons. The summed E-state index contributed by atoms with van der Waals surface area (Å²) < 4.78 is 0. The van der Waals surface area contributed by atoms with E-state index < -0.39 is 0 Å². The molecule has 6 rings (SSSR count). The number of nitrogens with zero attached hydrogens (tertiary/aromatic N) is 4. The lowest BCUT2D eigenvalue weighted by molar-refractivity contribution is 0.313. The molecule has 1 aromatic carbocycles. The zero-order valence-corrected chi connectivity index (χ0v) is 22.2. The molecule has 1 aliphatic carbocycles. The van der Waals surface area contributed by atoms with E-state index in [-0.39, 0.29) is 0 Å². The number of benzene rings is 1. The molecule has 0 radical (unpaired) electrons. The first kappa shape index (κ1) is 24.2. The number of fused-ring (bicyclic) bond motifs is 2. The van der Waals surface area contributed by atoms with Crippen molar-refractivity contribution in [3.8, 4) is 11.4 Å². The van der Waals surface area contributed by atoms with Crippen LogP contribution in [0, 0.1) is 5.92 Å². The van der Waals surface area contributed by atoms with Crippen molar-refractivity contribution < 1.29 is 0 Å². The molecule has 38 heavy (non-hydrogen) atoms. The summed E-state index contributed by atoms with van der Waals surface area (Å²) in [6.07, 6.45) is 10.3. The summed E-state index contributed by atoms with van der Waals surface area (Å²) in [5.74, 6) is 0.576. The highest BCUT2D eigenvalue weighted by atomic mass is 15.2. The van der Waals surface area contributed by atoms with E-state index in [4.69, 9.17) is 0 Å². The third kappa shape index (κ3) is 4.65. The Kier molecular flexibility index (Phi) is 6.37. The molecule has 2 aliphatic rings. The molecule has 0 atom stereocenters. The largest absolute Gasteiger partial charge is 0.368 e. The quantitative estimate of drug-likeness (QED) is 0.262. The second-order valence-electron chi connectivity index (χ2n) is 10.4. The van der Waals surface area contributed by atoms with Crippen LogP contribution in [0.2, 0.25) is 0 Å². The van der Waals surface area contributed by atoms with Gasteiger partial charge in [0.2, 0.25) is 0 Å². The van der Waals surface area contributed by atoms with Gasteiger partial charge in [-0.15, -0.1) is 0 Å². The fraction of sp³-hybridized carbons (Fsp3) is 0.290. The highest BCUT2D eigenvalue weighted by molar-refractivity contribution is 6.00. The summed E-state index contributed by atoms with van der Waals surface area (Å²) in [5, 5.41) is 13.4. The van der Waals surface area contributed by atoms with Gasteiger partial charge in [0, 0.05) is 71.3 Å². The van der Waals surface area contributed by atoms with Crippen LogP contribution in [0.25, 0.3) is 38.9 Å². The first-order chi connectivity index (χ1) is 18.5. The normalized spacial score (nSPS) is 17.4. The first-order valence-electron chi connectivity index (χ1n) is 13.4. The van der Waals surface area contributed by atoms with Crippen molar-refractivity contribution in [2.75, 3.05) is 38.1 Å². The molecule has 7 nitrogen and oxygen atoms in total. The molecule has 0 amide bonds. The number of piperazine rings is 1. The molecule has 4 heterocycles. The van der Waals surface area contributed by atoms with Crippen LogP contribution in [-0.2, 0) is 0 Å². The highest BCUT2D eigenvalue weighted by Crippen LogP contribution is 2.36. The van der Waals surface area contributed by atoms with Crippen LogP contribution in [0.5, 0.6) is 0 Å². The van der Waals surface area contributed by atoms with Gasteiger partial charge in [0.1, 0.15) is 0 Å². The van der Waals surface area contributed by atoms with Gasteiger partial charge >= 0.3 is 0 Å². The number of aromatic nitrogens is 4. The molecular weight excluding hydrogens is 470 g/mol. The van der Waals surface area contributed by atoms with Crippen LogP contribution in [0.1, 0.15) is 25.3 Å². The van der Waals surface area contributed by atoms with E-state index in [2.05, 4.69) is 98.0 Å². The summed E-state index contributed by atoms with van der Waals surface area (Å²) in [7, 11) is 2.19. The maximum Gasteiger partial charge on any atom is 0.181 e. The van der Waals surface area contributed by atoms with E-state index in [0.717, 1.165) is 71.0 Å². The Morgan fingerprint density at radius 2 is 1.95 bits per heavy atom. The summed E-state index contributed by atoms with van der Waals surface area (Å²) in [6, 6.07) is 10.9. The lowest BCUT2D eigenvalue weighted by Gasteiger charge is -2.34. The van der Waals surface area contributed by atoms with E-state index >= 15 is 0 Å². The second-order valence-corrected chi connectivity index (χ2v) is 10.4. The summed E-state index contributed by atoms with van der Waals surface area (Å²) in [5.41, 5.74) is 9.14. The van der Waals surface area contributed by atoms with Crippen molar-refractivity contribution >= 4 is 33.2 Å². The monoisotopic (exact) mass is 505 g/mol. The molecule has 1 saturated heterocycles. The third-order valence-electron chi connectivity index (χ3n) is 7.71. The minimum atomic E-state index is 0.576. The van der Waals surface area contributed by atoms with Gasteiger partial charge in [0.15, 0.2) is 5.65 Å². The zero-order valence-electron chi connectivity index (χ0n) is 22.2. The molecule has 0 spiro atoms. The van der Waals surface area contributed by atoms with Crippen LogP contribution < -0.4 is 10.2 Å². The SMILES string of the molecule is C=C/C(=C\C(=C/C)c1cnc2n[nH]c(-c3cc4c(N5CCN(C)CC5)cccc4[nH]3)c2c1)NC(=C)C1CC1. The van der Waals surface area contributed by atoms with Crippen LogP contribution in [0.4, 0.5) is 5.69 Å². The average Bonchev–Trinajstić information content (AvgIpc) is 3.57. The predicted molar refractivity (Wildman–Crippen MR) is 158 cm³/mol. The van der Waals surface area contributed by atoms with E-state index in [1.54, 1.807) is 0 Å². The number of H-pyrrole nitrogens is 2. The Hall–Kier alpha value is -4.10. The van der Waals surface area contributed by atoms with Gasteiger partial charge in [-0.25, -0.2) is 4.98 Å². The third-order valence-corrected chi connectivity index (χ3v) is 7.71. The molecule has 7 heteroatoms. The van der Waals surface area contributed by atoms with E-state index in [1.165, 1.54) is 23.9 Å². The Labute approximate surface area is 223 Å². The minimum Gasteiger partial charge on any atom is -0.368 e.